The molecule has 14 heavy (non-hydrogen) atoms. The molecule has 0 aliphatic heterocycles. The standard InChI is InChI=1S/C9H16NO3P/c1-4-12-14(11,13-5-2)8-9(3)6-7-10/h6H,4-5,8H2,1-3H3/b9-6+. The van der Waals surface area contributed by atoms with Crippen LogP contribution in [0.3, 0.4) is 0 Å². The van der Waals surface area contributed by atoms with Crippen LogP contribution >= 0.6 is 7.60 Å². The Balaban J connectivity index is 4.45. The van der Waals surface area contributed by atoms with E-state index in [9.17, 15) is 4.57 Å². The second kappa shape index (κ2) is 6.78. The lowest BCUT2D eigenvalue weighted by Crippen LogP contribution is -2.01. The molecule has 0 saturated carbocycles. The number of nitriles is 1. The van der Waals surface area contributed by atoms with Crippen LogP contribution in [0.1, 0.15) is 20.8 Å². The summed E-state index contributed by atoms with van der Waals surface area (Å²) in [5.74, 6) is 0. The van der Waals surface area contributed by atoms with Gasteiger partial charge in [0.25, 0.3) is 0 Å². The first-order valence-electron chi connectivity index (χ1n) is 4.51. The summed E-state index contributed by atoms with van der Waals surface area (Å²) >= 11 is 0. The molecule has 0 aromatic rings. The van der Waals surface area contributed by atoms with Gasteiger partial charge in [-0.3, -0.25) is 4.57 Å². The van der Waals surface area contributed by atoms with Crippen LogP contribution in [0.2, 0.25) is 0 Å². The Labute approximate surface area is 85.1 Å². The van der Waals surface area contributed by atoms with Crippen molar-refractivity contribution in [1.82, 2.24) is 0 Å². The number of nitrogens with zero attached hydrogens (tertiary/aromatic N) is 1. The van der Waals surface area contributed by atoms with Crippen LogP contribution in [0, 0.1) is 11.3 Å². The summed E-state index contributed by atoms with van der Waals surface area (Å²) in [6, 6.07) is 1.88. The molecule has 0 atom stereocenters. The molecular weight excluding hydrogens is 201 g/mol. The molecule has 0 heterocycles. The van der Waals surface area contributed by atoms with Crippen LogP contribution in [0.15, 0.2) is 11.6 Å². The van der Waals surface area contributed by atoms with Gasteiger partial charge < -0.3 is 9.05 Å². The van der Waals surface area contributed by atoms with Gasteiger partial charge in [-0.1, -0.05) is 5.57 Å². The highest BCUT2D eigenvalue weighted by molar-refractivity contribution is 7.54. The zero-order valence-electron chi connectivity index (χ0n) is 8.82. The van der Waals surface area contributed by atoms with E-state index in [-0.39, 0.29) is 6.16 Å². The minimum absolute atomic E-state index is 0.183. The fourth-order valence-electron chi connectivity index (χ4n) is 0.983. The van der Waals surface area contributed by atoms with Gasteiger partial charge in [0.15, 0.2) is 0 Å². The molecule has 80 valence electrons. The van der Waals surface area contributed by atoms with Crippen molar-refractivity contribution < 1.29 is 13.6 Å². The lowest BCUT2D eigenvalue weighted by Gasteiger charge is -2.16. The summed E-state index contributed by atoms with van der Waals surface area (Å²) in [6.07, 6.45) is 1.53. The number of hydrogen-bond donors (Lipinski definition) is 0. The van der Waals surface area contributed by atoms with E-state index >= 15 is 0 Å². The molecule has 0 fully saturated rings. The summed E-state index contributed by atoms with van der Waals surface area (Å²) in [7, 11) is -3.02. The van der Waals surface area contributed by atoms with E-state index in [1.807, 2.05) is 6.07 Å². The van der Waals surface area contributed by atoms with Crippen LogP contribution in [-0.4, -0.2) is 19.4 Å². The first-order chi connectivity index (χ1) is 6.58. The Hall–Kier alpha value is -0.620. The normalized spacial score (nSPS) is 12.6. The molecule has 0 aliphatic rings. The topological polar surface area (TPSA) is 59.3 Å². The van der Waals surface area contributed by atoms with Gasteiger partial charge in [-0.2, -0.15) is 5.26 Å². The molecule has 0 rings (SSSR count). The molecule has 0 N–H and O–H groups in total. The van der Waals surface area contributed by atoms with E-state index < -0.39 is 7.60 Å². The zero-order chi connectivity index (χ0) is 11.0. The third-order valence-electron chi connectivity index (χ3n) is 1.41. The average molecular weight is 217 g/mol. The highest BCUT2D eigenvalue weighted by Crippen LogP contribution is 2.49. The van der Waals surface area contributed by atoms with Gasteiger partial charge in [-0.05, 0) is 20.8 Å². The molecule has 0 amide bonds. The van der Waals surface area contributed by atoms with Crippen molar-refractivity contribution in [2.75, 3.05) is 19.4 Å². The van der Waals surface area contributed by atoms with Crippen LogP contribution < -0.4 is 0 Å². The first kappa shape index (κ1) is 13.4. The third-order valence-corrected chi connectivity index (χ3v) is 3.59. The van der Waals surface area contributed by atoms with Gasteiger partial charge in [0, 0.05) is 6.08 Å². The molecule has 0 aromatic heterocycles. The van der Waals surface area contributed by atoms with Gasteiger partial charge in [0.2, 0.25) is 0 Å². The van der Waals surface area contributed by atoms with Crippen molar-refractivity contribution in [2.45, 2.75) is 20.8 Å². The Morgan fingerprint density at radius 3 is 2.29 bits per heavy atom. The molecule has 0 unspecified atom stereocenters. The molecular formula is C9H16NO3P. The Kier molecular flexibility index (Phi) is 6.48. The maximum atomic E-state index is 11.9. The fourth-order valence-corrected chi connectivity index (χ4v) is 2.73. The Morgan fingerprint density at radius 2 is 1.93 bits per heavy atom. The zero-order valence-corrected chi connectivity index (χ0v) is 9.71. The highest BCUT2D eigenvalue weighted by Gasteiger charge is 2.23. The second-order valence-electron chi connectivity index (χ2n) is 2.72. The lowest BCUT2D eigenvalue weighted by molar-refractivity contribution is 0.222. The monoisotopic (exact) mass is 217 g/mol. The quantitative estimate of drug-likeness (QED) is 0.507. The lowest BCUT2D eigenvalue weighted by atomic mass is 10.3. The van der Waals surface area contributed by atoms with Crippen molar-refractivity contribution in [2.24, 2.45) is 0 Å². The second-order valence-corrected chi connectivity index (χ2v) is 4.78. The van der Waals surface area contributed by atoms with Crippen LogP contribution in [-0.2, 0) is 13.6 Å². The summed E-state index contributed by atoms with van der Waals surface area (Å²) in [5, 5.41) is 8.40. The van der Waals surface area contributed by atoms with Crippen LogP contribution in [0.25, 0.3) is 0 Å². The number of allylic oxidation sites excluding steroid dienone is 2. The van der Waals surface area contributed by atoms with Crippen LogP contribution in [0.5, 0.6) is 0 Å². The molecule has 5 heteroatoms. The molecule has 0 aromatic carbocycles. The van der Waals surface area contributed by atoms with Crippen molar-refractivity contribution in [3.05, 3.63) is 11.6 Å². The Bertz CT molecular complexity index is 270. The van der Waals surface area contributed by atoms with E-state index in [0.29, 0.717) is 18.8 Å². The molecule has 0 saturated heterocycles. The maximum absolute atomic E-state index is 11.9. The summed E-state index contributed by atoms with van der Waals surface area (Å²) in [5.41, 5.74) is 0.706. The summed E-state index contributed by atoms with van der Waals surface area (Å²) in [4.78, 5) is 0. The molecule has 0 spiro atoms. The number of hydrogen-bond acceptors (Lipinski definition) is 4. The predicted molar refractivity (Wildman–Crippen MR) is 55.1 cm³/mol. The van der Waals surface area contributed by atoms with E-state index in [1.54, 1.807) is 20.8 Å². The third kappa shape index (κ3) is 5.18. The molecule has 0 radical (unpaired) electrons. The van der Waals surface area contributed by atoms with E-state index in [0.717, 1.165) is 0 Å². The minimum Gasteiger partial charge on any atom is -0.309 e. The van der Waals surface area contributed by atoms with E-state index in [4.69, 9.17) is 14.3 Å². The smallest absolute Gasteiger partial charge is 0.309 e. The minimum atomic E-state index is -3.02. The van der Waals surface area contributed by atoms with Crippen molar-refractivity contribution in [3.63, 3.8) is 0 Å². The van der Waals surface area contributed by atoms with Gasteiger partial charge in [-0.15, -0.1) is 0 Å². The highest BCUT2D eigenvalue weighted by atomic mass is 31.2. The largest absolute Gasteiger partial charge is 0.334 e. The predicted octanol–water partition coefficient (Wildman–Crippen LogP) is 2.72. The average Bonchev–Trinajstić information content (AvgIpc) is 2.04. The van der Waals surface area contributed by atoms with Crippen molar-refractivity contribution >= 4 is 7.60 Å². The van der Waals surface area contributed by atoms with E-state index in [1.165, 1.54) is 6.08 Å². The first-order valence-corrected chi connectivity index (χ1v) is 6.24. The Morgan fingerprint density at radius 1 is 1.43 bits per heavy atom. The van der Waals surface area contributed by atoms with E-state index in [2.05, 4.69) is 0 Å². The number of rotatable bonds is 6. The summed E-state index contributed by atoms with van der Waals surface area (Å²) < 4.78 is 22.0. The SMILES string of the molecule is CCOP(=O)(C/C(C)=C/C#N)OCC. The van der Waals surface area contributed by atoms with Crippen LogP contribution in [0.4, 0.5) is 0 Å². The van der Waals surface area contributed by atoms with Gasteiger partial charge in [-0.25, -0.2) is 0 Å². The molecule has 4 nitrogen and oxygen atoms in total. The fraction of sp³-hybridized carbons (Fsp3) is 0.667. The van der Waals surface area contributed by atoms with Crippen molar-refractivity contribution in [1.29, 1.82) is 5.26 Å². The van der Waals surface area contributed by atoms with Gasteiger partial charge in [0.05, 0.1) is 25.4 Å². The maximum Gasteiger partial charge on any atom is 0.334 e. The molecule has 0 bridgehead atoms. The van der Waals surface area contributed by atoms with Gasteiger partial charge in [0.1, 0.15) is 0 Å². The van der Waals surface area contributed by atoms with Crippen molar-refractivity contribution in [3.8, 4) is 6.07 Å². The molecule has 0 aliphatic carbocycles. The van der Waals surface area contributed by atoms with Gasteiger partial charge >= 0.3 is 7.60 Å². The summed E-state index contributed by atoms with van der Waals surface area (Å²) in [6.45, 7) is 5.94.